The summed E-state index contributed by atoms with van der Waals surface area (Å²) < 4.78 is 16.6. The topological polar surface area (TPSA) is 65.0 Å². The zero-order valence-electron chi connectivity index (χ0n) is 16.0. The molecule has 0 aromatic heterocycles. The maximum Gasteiger partial charge on any atom is 0.336 e. The molecule has 1 N–H and O–H groups in total. The SMILES string of the molecule is O=C(O)c1c(C2CCOCC2)cc(C2CCOCC2)cc1C1CCOCC1. The van der Waals surface area contributed by atoms with E-state index >= 15 is 0 Å². The van der Waals surface area contributed by atoms with Gasteiger partial charge in [-0.25, -0.2) is 4.79 Å². The Labute approximate surface area is 161 Å². The zero-order valence-corrected chi connectivity index (χ0v) is 16.0. The first-order chi connectivity index (χ1) is 13.2. The highest BCUT2D eigenvalue weighted by atomic mass is 16.5. The molecule has 0 saturated carbocycles. The Balaban J connectivity index is 1.79. The van der Waals surface area contributed by atoms with Gasteiger partial charge in [-0.15, -0.1) is 0 Å². The second-order valence-electron chi connectivity index (χ2n) is 8.04. The van der Waals surface area contributed by atoms with Crippen molar-refractivity contribution in [3.8, 4) is 0 Å². The van der Waals surface area contributed by atoms with Gasteiger partial charge in [-0.05, 0) is 73.0 Å². The van der Waals surface area contributed by atoms with Gasteiger partial charge in [0.1, 0.15) is 0 Å². The first-order valence-corrected chi connectivity index (χ1v) is 10.4. The summed E-state index contributed by atoms with van der Waals surface area (Å²) in [6.45, 7) is 4.47. The Morgan fingerprint density at radius 3 is 1.44 bits per heavy atom. The molecule has 148 valence electrons. The molecule has 0 unspecified atom stereocenters. The minimum absolute atomic E-state index is 0.281. The number of carboxylic acid groups (broad SMARTS) is 1. The lowest BCUT2D eigenvalue weighted by Crippen LogP contribution is -2.23. The van der Waals surface area contributed by atoms with Crippen molar-refractivity contribution in [3.63, 3.8) is 0 Å². The molecule has 27 heavy (non-hydrogen) atoms. The predicted molar refractivity (Wildman–Crippen MR) is 102 cm³/mol. The molecule has 3 aliphatic rings. The van der Waals surface area contributed by atoms with Crippen LogP contribution in [0.1, 0.15) is 83.3 Å². The standard InChI is InChI=1S/C22H30O5/c23-22(24)21-19(16-3-9-26-10-4-16)13-18(15-1-7-25-8-2-15)14-20(21)17-5-11-27-12-6-17/h13-17H,1-12H2,(H,23,24). The summed E-state index contributed by atoms with van der Waals surface area (Å²) in [5.41, 5.74) is 3.95. The Morgan fingerprint density at radius 1 is 0.704 bits per heavy atom. The van der Waals surface area contributed by atoms with Crippen LogP contribution >= 0.6 is 0 Å². The van der Waals surface area contributed by atoms with Crippen LogP contribution < -0.4 is 0 Å². The van der Waals surface area contributed by atoms with Gasteiger partial charge < -0.3 is 19.3 Å². The highest BCUT2D eigenvalue weighted by Crippen LogP contribution is 2.40. The number of hydrogen-bond donors (Lipinski definition) is 1. The number of hydrogen-bond acceptors (Lipinski definition) is 4. The van der Waals surface area contributed by atoms with Gasteiger partial charge in [0, 0.05) is 39.6 Å². The minimum Gasteiger partial charge on any atom is -0.478 e. The van der Waals surface area contributed by atoms with Gasteiger partial charge in [0.05, 0.1) is 5.56 Å². The fraction of sp³-hybridized carbons (Fsp3) is 0.682. The third kappa shape index (κ3) is 4.20. The van der Waals surface area contributed by atoms with Crippen LogP contribution in [0, 0.1) is 0 Å². The van der Waals surface area contributed by atoms with Crippen LogP contribution in [0.15, 0.2) is 12.1 Å². The lowest BCUT2D eigenvalue weighted by Gasteiger charge is -2.31. The highest BCUT2D eigenvalue weighted by molar-refractivity contribution is 5.92. The number of rotatable bonds is 4. The average Bonchev–Trinajstić information content (AvgIpc) is 2.74. The molecule has 3 fully saturated rings. The molecule has 1 aromatic rings. The van der Waals surface area contributed by atoms with Crippen molar-refractivity contribution in [3.05, 3.63) is 34.4 Å². The maximum absolute atomic E-state index is 12.3. The molecule has 3 saturated heterocycles. The Morgan fingerprint density at radius 2 is 1.07 bits per heavy atom. The third-order valence-corrected chi connectivity index (χ3v) is 6.45. The van der Waals surface area contributed by atoms with E-state index in [1.54, 1.807) is 0 Å². The fourth-order valence-electron chi connectivity index (χ4n) is 4.89. The molecule has 0 bridgehead atoms. The Kier molecular flexibility index (Phi) is 6.11. The van der Waals surface area contributed by atoms with Crippen LogP contribution in [0.5, 0.6) is 0 Å². The van der Waals surface area contributed by atoms with E-state index in [0.717, 1.165) is 89.3 Å². The van der Waals surface area contributed by atoms with Crippen LogP contribution in [0.25, 0.3) is 0 Å². The van der Waals surface area contributed by atoms with Crippen molar-refractivity contribution in [2.45, 2.75) is 56.3 Å². The van der Waals surface area contributed by atoms with Crippen molar-refractivity contribution < 1.29 is 24.1 Å². The molecular formula is C22H30O5. The lowest BCUT2D eigenvalue weighted by atomic mass is 9.77. The van der Waals surface area contributed by atoms with E-state index in [2.05, 4.69) is 12.1 Å². The molecule has 0 aliphatic carbocycles. The maximum atomic E-state index is 12.3. The third-order valence-electron chi connectivity index (χ3n) is 6.45. The quantitative estimate of drug-likeness (QED) is 0.861. The molecule has 4 rings (SSSR count). The van der Waals surface area contributed by atoms with Crippen LogP contribution in [0.4, 0.5) is 0 Å². The predicted octanol–water partition coefficient (Wildman–Crippen LogP) is 4.07. The molecule has 5 nitrogen and oxygen atoms in total. The van der Waals surface area contributed by atoms with E-state index in [0.29, 0.717) is 11.5 Å². The first kappa shape index (κ1) is 18.9. The smallest absolute Gasteiger partial charge is 0.336 e. The van der Waals surface area contributed by atoms with Crippen molar-refractivity contribution in [1.29, 1.82) is 0 Å². The number of aromatic carboxylic acids is 1. The van der Waals surface area contributed by atoms with Gasteiger partial charge in [0.2, 0.25) is 0 Å². The number of ether oxygens (including phenoxy) is 3. The lowest BCUT2D eigenvalue weighted by molar-refractivity contribution is 0.0671. The fourth-order valence-corrected chi connectivity index (χ4v) is 4.89. The molecule has 3 heterocycles. The van der Waals surface area contributed by atoms with Crippen LogP contribution in [0.3, 0.4) is 0 Å². The van der Waals surface area contributed by atoms with Crippen LogP contribution in [-0.4, -0.2) is 50.7 Å². The van der Waals surface area contributed by atoms with Crippen molar-refractivity contribution in [2.75, 3.05) is 39.6 Å². The van der Waals surface area contributed by atoms with Crippen molar-refractivity contribution >= 4 is 5.97 Å². The molecule has 0 atom stereocenters. The molecule has 3 aliphatic heterocycles. The summed E-state index contributed by atoms with van der Waals surface area (Å²) in [5.74, 6) is 0.252. The van der Waals surface area contributed by atoms with E-state index in [9.17, 15) is 9.90 Å². The normalized spacial score (nSPS) is 23.4. The van der Waals surface area contributed by atoms with E-state index < -0.39 is 5.97 Å². The second kappa shape index (κ2) is 8.72. The summed E-state index contributed by atoms with van der Waals surface area (Å²) in [6, 6.07) is 4.41. The van der Waals surface area contributed by atoms with Gasteiger partial charge >= 0.3 is 5.97 Å². The van der Waals surface area contributed by atoms with E-state index in [4.69, 9.17) is 14.2 Å². The molecule has 5 heteroatoms. The van der Waals surface area contributed by atoms with Gasteiger partial charge in [-0.1, -0.05) is 12.1 Å². The summed E-state index contributed by atoms with van der Waals surface area (Å²) in [5, 5.41) is 10.1. The zero-order chi connectivity index (χ0) is 18.6. The largest absolute Gasteiger partial charge is 0.478 e. The number of benzene rings is 1. The monoisotopic (exact) mass is 374 g/mol. The summed E-state index contributed by atoms with van der Waals surface area (Å²) in [4.78, 5) is 12.3. The highest BCUT2D eigenvalue weighted by Gasteiger charge is 2.30. The van der Waals surface area contributed by atoms with E-state index in [1.165, 1.54) is 5.56 Å². The van der Waals surface area contributed by atoms with E-state index in [1.807, 2.05) is 0 Å². The van der Waals surface area contributed by atoms with Crippen molar-refractivity contribution in [1.82, 2.24) is 0 Å². The second-order valence-corrected chi connectivity index (χ2v) is 8.04. The summed E-state index contributed by atoms with van der Waals surface area (Å²) in [7, 11) is 0. The first-order valence-electron chi connectivity index (χ1n) is 10.4. The molecule has 0 radical (unpaired) electrons. The van der Waals surface area contributed by atoms with Crippen molar-refractivity contribution in [2.24, 2.45) is 0 Å². The van der Waals surface area contributed by atoms with Gasteiger partial charge in [-0.3, -0.25) is 0 Å². The summed E-state index contributed by atoms with van der Waals surface area (Å²) >= 11 is 0. The molecular weight excluding hydrogens is 344 g/mol. The number of carboxylic acids is 1. The van der Waals surface area contributed by atoms with Crippen LogP contribution in [0.2, 0.25) is 0 Å². The van der Waals surface area contributed by atoms with Gasteiger partial charge in [-0.2, -0.15) is 0 Å². The minimum atomic E-state index is -0.781. The van der Waals surface area contributed by atoms with E-state index in [-0.39, 0.29) is 11.8 Å². The average molecular weight is 374 g/mol. The molecule has 0 amide bonds. The molecule has 0 spiro atoms. The molecule has 1 aromatic carbocycles. The Hall–Kier alpha value is -1.43. The van der Waals surface area contributed by atoms with Gasteiger partial charge in [0.15, 0.2) is 0 Å². The Bertz CT molecular complexity index is 614. The number of carbonyl (C=O) groups is 1. The van der Waals surface area contributed by atoms with Gasteiger partial charge in [0.25, 0.3) is 0 Å². The summed E-state index contributed by atoms with van der Waals surface area (Å²) in [6.07, 6.45) is 5.67. The van der Waals surface area contributed by atoms with Crippen LogP contribution in [-0.2, 0) is 14.2 Å².